The van der Waals surface area contributed by atoms with E-state index in [4.69, 9.17) is 9.47 Å². The first kappa shape index (κ1) is 23.8. The molecule has 3 amide bonds. The number of nitrogens with zero attached hydrogens (tertiary/aromatic N) is 4. The van der Waals surface area contributed by atoms with E-state index < -0.39 is 11.7 Å². The Morgan fingerprint density at radius 1 is 1.00 bits per heavy atom. The van der Waals surface area contributed by atoms with Crippen LogP contribution in [-0.4, -0.2) is 82.9 Å². The van der Waals surface area contributed by atoms with E-state index in [9.17, 15) is 14.4 Å². The van der Waals surface area contributed by atoms with Crippen LogP contribution in [0.25, 0.3) is 0 Å². The number of aryl methyl sites for hydroxylation is 1. The zero-order valence-corrected chi connectivity index (χ0v) is 20.5. The molecule has 0 saturated carbocycles. The third kappa shape index (κ3) is 5.21. The van der Waals surface area contributed by atoms with E-state index in [-0.39, 0.29) is 27.7 Å². The molecular formula is C24H29N5O5S. The van der Waals surface area contributed by atoms with Crippen LogP contribution in [0.4, 0.5) is 5.69 Å². The molecule has 1 aromatic heterocycles. The van der Waals surface area contributed by atoms with E-state index in [2.05, 4.69) is 15.5 Å². The molecule has 0 aliphatic carbocycles. The van der Waals surface area contributed by atoms with Crippen LogP contribution in [0.1, 0.15) is 50.9 Å². The number of amides is 3. The lowest BCUT2D eigenvalue weighted by Gasteiger charge is -2.40. The normalized spacial score (nSPS) is 21.8. The number of likely N-dealkylation sites (tertiary alicyclic amines) is 2. The van der Waals surface area contributed by atoms with Gasteiger partial charge in [0.15, 0.2) is 5.79 Å². The van der Waals surface area contributed by atoms with Gasteiger partial charge < -0.3 is 24.6 Å². The Kier molecular flexibility index (Phi) is 6.81. The number of hydrogen-bond donors (Lipinski definition) is 1. The van der Waals surface area contributed by atoms with Gasteiger partial charge in [-0.1, -0.05) is 29.0 Å². The lowest BCUT2D eigenvalue weighted by atomic mass is 9.94. The summed E-state index contributed by atoms with van der Waals surface area (Å²) in [7, 11) is 0. The van der Waals surface area contributed by atoms with Crippen LogP contribution < -0.4 is 5.32 Å². The van der Waals surface area contributed by atoms with E-state index in [1.54, 1.807) is 17.0 Å². The smallest absolute Gasteiger partial charge is 0.286 e. The largest absolute Gasteiger partial charge is 0.347 e. The Hall–Kier alpha value is -2.89. The van der Waals surface area contributed by atoms with Crippen molar-refractivity contribution in [3.63, 3.8) is 0 Å². The maximum absolute atomic E-state index is 13.2. The monoisotopic (exact) mass is 499 g/mol. The van der Waals surface area contributed by atoms with Crippen LogP contribution in [-0.2, 0) is 14.3 Å². The zero-order chi connectivity index (χ0) is 24.4. The first-order valence-corrected chi connectivity index (χ1v) is 12.8. The van der Waals surface area contributed by atoms with Crippen LogP contribution in [0.3, 0.4) is 0 Å². The van der Waals surface area contributed by atoms with Crippen molar-refractivity contribution in [1.82, 2.24) is 20.0 Å². The van der Waals surface area contributed by atoms with Gasteiger partial charge in [0, 0.05) is 44.7 Å². The predicted molar refractivity (Wildman–Crippen MR) is 128 cm³/mol. The summed E-state index contributed by atoms with van der Waals surface area (Å²) in [5, 5.41) is 10.9. The molecule has 3 aliphatic heterocycles. The van der Waals surface area contributed by atoms with Gasteiger partial charge in [-0.2, -0.15) is 0 Å². The summed E-state index contributed by atoms with van der Waals surface area (Å²) in [6, 6.07) is 7.41. The second-order valence-corrected chi connectivity index (χ2v) is 10.2. The Bertz CT molecular complexity index is 1090. The number of carbonyl (C=O) groups is 3. The van der Waals surface area contributed by atoms with Crippen molar-refractivity contribution in [2.75, 3.05) is 44.7 Å². The van der Waals surface area contributed by atoms with Crippen molar-refractivity contribution in [1.29, 1.82) is 0 Å². The second kappa shape index (κ2) is 10.00. The molecule has 2 aromatic rings. The van der Waals surface area contributed by atoms with Crippen LogP contribution in [0, 0.1) is 12.8 Å². The third-order valence-electron chi connectivity index (χ3n) is 6.82. The third-order valence-corrected chi connectivity index (χ3v) is 7.73. The highest BCUT2D eigenvalue weighted by molar-refractivity contribution is 7.15. The lowest BCUT2D eigenvalue weighted by Crippen LogP contribution is -2.51. The number of benzene rings is 1. The molecule has 3 fully saturated rings. The molecule has 3 aliphatic rings. The maximum atomic E-state index is 13.2. The van der Waals surface area contributed by atoms with Crippen molar-refractivity contribution in [2.45, 2.75) is 38.4 Å². The van der Waals surface area contributed by atoms with Gasteiger partial charge in [-0.25, -0.2) is 0 Å². The van der Waals surface area contributed by atoms with E-state index >= 15 is 0 Å². The number of anilines is 1. The van der Waals surface area contributed by atoms with Crippen LogP contribution >= 0.6 is 11.3 Å². The minimum atomic E-state index is -0.521. The number of rotatable bonds is 4. The summed E-state index contributed by atoms with van der Waals surface area (Å²) in [6.45, 7) is 5.27. The van der Waals surface area contributed by atoms with Crippen molar-refractivity contribution >= 4 is 34.7 Å². The van der Waals surface area contributed by atoms with Crippen molar-refractivity contribution in [3.8, 4) is 0 Å². The zero-order valence-electron chi connectivity index (χ0n) is 19.7. The Labute approximate surface area is 207 Å². The highest BCUT2D eigenvalue weighted by Crippen LogP contribution is 2.32. The lowest BCUT2D eigenvalue weighted by molar-refractivity contribution is -0.188. The first-order valence-electron chi connectivity index (χ1n) is 12.0. The van der Waals surface area contributed by atoms with Crippen molar-refractivity contribution in [2.24, 2.45) is 5.92 Å². The summed E-state index contributed by atoms with van der Waals surface area (Å²) < 4.78 is 11.5. The van der Waals surface area contributed by atoms with Crippen LogP contribution in [0.2, 0.25) is 0 Å². The molecule has 0 bridgehead atoms. The average molecular weight is 500 g/mol. The molecule has 3 saturated heterocycles. The fourth-order valence-corrected chi connectivity index (χ4v) is 5.54. The molecule has 1 unspecified atom stereocenters. The SMILES string of the molecule is Cc1ccc(NC(=O)c2nnc(C(=O)N3CCCC(C(=O)N4CCC5(CC4)OCCO5)C3)s2)cc1. The number of nitrogens with one attached hydrogen (secondary N) is 1. The molecule has 186 valence electrons. The second-order valence-electron chi connectivity index (χ2n) is 9.26. The Morgan fingerprint density at radius 3 is 2.40 bits per heavy atom. The molecule has 10 nitrogen and oxygen atoms in total. The summed E-state index contributed by atoms with van der Waals surface area (Å²) in [4.78, 5) is 42.3. The molecule has 11 heteroatoms. The van der Waals surface area contributed by atoms with Gasteiger partial charge >= 0.3 is 0 Å². The minimum Gasteiger partial charge on any atom is -0.347 e. The molecule has 1 aromatic carbocycles. The molecule has 1 N–H and O–H groups in total. The van der Waals surface area contributed by atoms with Gasteiger partial charge in [0.25, 0.3) is 11.8 Å². The maximum Gasteiger partial charge on any atom is 0.286 e. The quantitative estimate of drug-likeness (QED) is 0.687. The average Bonchev–Trinajstić information content (AvgIpc) is 3.56. The molecule has 1 spiro atoms. The van der Waals surface area contributed by atoms with Crippen molar-refractivity contribution in [3.05, 3.63) is 39.8 Å². The Morgan fingerprint density at radius 2 is 1.69 bits per heavy atom. The molecule has 35 heavy (non-hydrogen) atoms. The number of hydrogen-bond acceptors (Lipinski definition) is 8. The topological polar surface area (TPSA) is 114 Å². The number of aromatic nitrogens is 2. The van der Waals surface area contributed by atoms with E-state index in [1.807, 2.05) is 24.0 Å². The molecule has 1 atom stereocenters. The van der Waals surface area contributed by atoms with Gasteiger partial charge in [-0.05, 0) is 31.9 Å². The van der Waals surface area contributed by atoms with Crippen LogP contribution in [0.15, 0.2) is 24.3 Å². The standard InChI is InChI=1S/C24H29N5O5S/c1-16-4-6-18(7-5-16)25-19(30)20-26-27-21(35-20)23(32)29-10-2-3-17(15-29)22(31)28-11-8-24(9-12-28)33-13-14-34-24/h4-7,17H,2-3,8-15H2,1H3,(H,25,30). The van der Waals surface area contributed by atoms with Gasteiger partial charge in [-0.3, -0.25) is 14.4 Å². The minimum absolute atomic E-state index is 0.0748. The summed E-state index contributed by atoms with van der Waals surface area (Å²) in [6.07, 6.45) is 2.84. The van der Waals surface area contributed by atoms with Gasteiger partial charge in [0.2, 0.25) is 15.9 Å². The van der Waals surface area contributed by atoms with E-state index in [0.717, 1.165) is 29.7 Å². The number of carbonyl (C=O) groups excluding carboxylic acids is 3. The van der Waals surface area contributed by atoms with Crippen LogP contribution in [0.5, 0.6) is 0 Å². The number of piperidine rings is 2. The molecule has 4 heterocycles. The summed E-state index contributed by atoms with van der Waals surface area (Å²) >= 11 is 0.965. The fraction of sp³-hybridized carbons (Fsp3) is 0.542. The molecule has 0 radical (unpaired) electrons. The van der Waals surface area contributed by atoms with Gasteiger partial charge in [0.1, 0.15) is 0 Å². The van der Waals surface area contributed by atoms with Gasteiger partial charge in [0.05, 0.1) is 19.1 Å². The fourth-order valence-electron chi connectivity index (χ4n) is 4.83. The highest BCUT2D eigenvalue weighted by Gasteiger charge is 2.42. The summed E-state index contributed by atoms with van der Waals surface area (Å²) in [5.41, 5.74) is 1.74. The number of ether oxygens (including phenoxy) is 2. The first-order chi connectivity index (χ1) is 16.9. The van der Waals surface area contributed by atoms with E-state index in [0.29, 0.717) is 57.9 Å². The van der Waals surface area contributed by atoms with E-state index in [1.165, 1.54) is 0 Å². The van der Waals surface area contributed by atoms with Crippen molar-refractivity contribution < 1.29 is 23.9 Å². The van der Waals surface area contributed by atoms with Gasteiger partial charge in [-0.15, -0.1) is 10.2 Å². The molecule has 5 rings (SSSR count). The summed E-state index contributed by atoms with van der Waals surface area (Å²) in [5.74, 6) is -1.39. The predicted octanol–water partition coefficient (Wildman–Crippen LogP) is 2.32. The Balaban J connectivity index is 1.17. The highest BCUT2D eigenvalue weighted by atomic mass is 32.1. The molecular weight excluding hydrogens is 470 g/mol.